The highest BCUT2D eigenvalue weighted by molar-refractivity contribution is 9.10. The van der Waals surface area contributed by atoms with Crippen molar-refractivity contribution in [2.24, 2.45) is 0 Å². The normalized spacial score (nSPS) is 18.5. The van der Waals surface area contributed by atoms with Crippen molar-refractivity contribution in [3.05, 3.63) is 28.7 Å². The van der Waals surface area contributed by atoms with Gasteiger partial charge in [-0.05, 0) is 68.2 Å². The number of ether oxygens (including phenoxy) is 1. The third kappa shape index (κ3) is 7.04. The summed E-state index contributed by atoms with van der Waals surface area (Å²) in [6.07, 6.45) is 1.42. The predicted octanol–water partition coefficient (Wildman–Crippen LogP) is 3.38. The third-order valence-electron chi connectivity index (χ3n) is 3.74. The molecule has 1 fully saturated rings. The van der Waals surface area contributed by atoms with E-state index in [1.807, 2.05) is 45.0 Å². The van der Waals surface area contributed by atoms with Gasteiger partial charge in [0.15, 0.2) is 0 Å². The lowest BCUT2D eigenvalue weighted by Gasteiger charge is -2.33. The van der Waals surface area contributed by atoms with Gasteiger partial charge in [-0.15, -0.1) is 0 Å². The van der Waals surface area contributed by atoms with E-state index >= 15 is 0 Å². The minimum absolute atomic E-state index is 0.000128. The van der Waals surface area contributed by atoms with Crippen LogP contribution in [0.3, 0.4) is 0 Å². The zero-order chi connectivity index (χ0) is 18.4. The highest BCUT2D eigenvalue weighted by Gasteiger charge is 2.25. The number of para-hydroxylation sites is 1. The summed E-state index contributed by atoms with van der Waals surface area (Å²) in [7, 11) is 0. The van der Waals surface area contributed by atoms with Crippen molar-refractivity contribution in [3.63, 3.8) is 0 Å². The van der Waals surface area contributed by atoms with E-state index in [4.69, 9.17) is 4.74 Å². The Labute approximate surface area is 157 Å². The van der Waals surface area contributed by atoms with Crippen molar-refractivity contribution < 1.29 is 14.3 Å². The molecule has 2 rings (SSSR count). The summed E-state index contributed by atoms with van der Waals surface area (Å²) in [6, 6.07) is 7.52. The standard InChI is InChI=1S/C18H26BrN3O3/c1-18(2,3)25-17(24)20-13-7-6-10-22(11-13)12-16(23)21-15-9-5-4-8-14(15)19/h4-5,8-9,13H,6-7,10-12H2,1-3H3,(H,20,24)(H,21,23)/t13-/m0/s1. The van der Waals surface area contributed by atoms with Gasteiger partial charge in [0.25, 0.3) is 0 Å². The van der Waals surface area contributed by atoms with E-state index in [1.54, 1.807) is 0 Å². The number of amides is 2. The fraction of sp³-hybridized carbons (Fsp3) is 0.556. The van der Waals surface area contributed by atoms with Gasteiger partial charge in [0.1, 0.15) is 5.60 Å². The first-order chi connectivity index (χ1) is 11.7. The first-order valence-corrected chi connectivity index (χ1v) is 9.28. The average molecular weight is 412 g/mol. The maximum absolute atomic E-state index is 12.3. The van der Waals surface area contributed by atoms with Crippen LogP contribution in [0.25, 0.3) is 0 Å². The molecule has 6 nitrogen and oxygen atoms in total. The SMILES string of the molecule is CC(C)(C)OC(=O)N[C@H]1CCCN(CC(=O)Nc2ccccc2Br)C1. The number of halogens is 1. The second-order valence-electron chi connectivity index (χ2n) is 7.25. The Bertz CT molecular complexity index is 616. The molecule has 1 aliphatic heterocycles. The molecule has 0 aliphatic carbocycles. The maximum Gasteiger partial charge on any atom is 0.407 e. The molecule has 1 aromatic rings. The van der Waals surface area contributed by atoms with Crippen LogP contribution in [0.4, 0.5) is 10.5 Å². The van der Waals surface area contributed by atoms with E-state index in [1.165, 1.54) is 0 Å². The van der Waals surface area contributed by atoms with E-state index in [-0.39, 0.29) is 11.9 Å². The molecule has 1 aliphatic rings. The van der Waals surface area contributed by atoms with Gasteiger partial charge in [-0.1, -0.05) is 12.1 Å². The number of rotatable bonds is 4. The first-order valence-electron chi connectivity index (χ1n) is 8.49. The largest absolute Gasteiger partial charge is 0.444 e. The molecule has 25 heavy (non-hydrogen) atoms. The monoisotopic (exact) mass is 411 g/mol. The van der Waals surface area contributed by atoms with Gasteiger partial charge < -0.3 is 15.4 Å². The molecule has 0 aromatic heterocycles. The van der Waals surface area contributed by atoms with Gasteiger partial charge in [0.2, 0.25) is 5.91 Å². The number of carbonyl (C=O) groups is 2. The Kier molecular flexibility index (Phi) is 6.84. The Morgan fingerprint density at radius 1 is 1.32 bits per heavy atom. The molecule has 138 valence electrons. The Balaban J connectivity index is 1.81. The maximum atomic E-state index is 12.3. The number of hydrogen-bond donors (Lipinski definition) is 2. The smallest absolute Gasteiger partial charge is 0.407 e. The van der Waals surface area contributed by atoms with Crippen LogP contribution in [-0.4, -0.2) is 48.2 Å². The zero-order valence-corrected chi connectivity index (χ0v) is 16.6. The van der Waals surface area contributed by atoms with Gasteiger partial charge >= 0.3 is 6.09 Å². The number of benzene rings is 1. The van der Waals surface area contributed by atoms with Gasteiger partial charge in [-0.25, -0.2) is 4.79 Å². The van der Waals surface area contributed by atoms with Crippen molar-refractivity contribution in [3.8, 4) is 0 Å². The van der Waals surface area contributed by atoms with Crippen LogP contribution in [0, 0.1) is 0 Å². The van der Waals surface area contributed by atoms with Gasteiger partial charge in [-0.2, -0.15) is 0 Å². The van der Waals surface area contributed by atoms with Crippen LogP contribution in [0.2, 0.25) is 0 Å². The topological polar surface area (TPSA) is 70.7 Å². The van der Waals surface area contributed by atoms with E-state index in [0.29, 0.717) is 13.1 Å². The molecule has 1 saturated heterocycles. The van der Waals surface area contributed by atoms with E-state index in [0.717, 1.165) is 29.5 Å². The number of anilines is 1. The van der Waals surface area contributed by atoms with Crippen molar-refractivity contribution in [1.29, 1.82) is 0 Å². The molecule has 7 heteroatoms. The fourth-order valence-electron chi connectivity index (χ4n) is 2.75. The number of alkyl carbamates (subject to hydrolysis) is 1. The summed E-state index contributed by atoms with van der Waals surface area (Å²) in [5, 5.41) is 5.80. The average Bonchev–Trinajstić information content (AvgIpc) is 2.48. The van der Waals surface area contributed by atoms with Crippen LogP contribution >= 0.6 is 15.9 Å². The van der Waals surface area contributed by atoms with Crippen LogP contribution in [0.5, 0.6) is 0 Å². The van der Waals surface area contributed by atoms with Gasteiger partial charge in [0, 0.05) is 17.1 Å². The van der Waals surface area contributed by atoms with Gasteiger partial charge in [-0.3, -0.25) is 9.69 Å². The molecule has 1 heterocycles. The number of nitrogens with one attached hydrogen (secondary N) is 2. The second-order valence-corrected chi connectivity index (χ2v) is 8.10. The number of likely N-dealkylation sites (tertiary alicyclic amines) is 1. The van der Waals surface area contributed by atoms with Crippen LogP contribution in [-0.2, 0) is 9.53 Å². The van der Waals surface area contributed by atoms with Crippen molar-refractivity contribution in [2.45, 2.75) is 45.3 Å². The minimum Gasteiger partial charge on any atom is -0.444 e. The third-order valence-corrected chi connectivity index (χ3v) is 4.43. The van der Waals surface area contributed by atoms with E-state index in [2.05, 4.69) is 31.5 Å². The molecule has 0 spiro atoms. The summed E-state index contributed by atoms with van der Waals surface area (Å²) in [5.41, 5.74) is 0.245. The summed E-state index contributed by atoms with van der Waals surface area (Å²) < 4.78 is 6.15. The molecule has 0 unspecified atom stereocenters. The molecule has 0 radical (unpaired) electrons. The lowest BCUT2D eigenvalue weighted by Crippen LogP contribution is -2.50. The Morgan fingerprint density at radius 2 is 2.04 bits per heavy atom. The predicted molar refractivity (Wildman–Crippen MR) is 102 cm³/mol. The van der Waals surface area contributed by atoms with E-state index in [9.17, 15) is 9.59 Å². The van der Waals surface area contributed by atoms with Crippen molar-refractivity contribution in [2.75, 3.05) is 25.0 Å². The summed E-state index contributed by atoms with van der Waals surface area (Å²) >= 11 is 3.42. The highest BCUT2D eigenvalue weighted by atomic mass is 79.9. The van der Waals surface area contributed by atoms with Crippen LogP contribution in [0.1, 0.15) is 33.6 Å². The number of carbonyl (C=O) groups excluding carboxylic acids is 2. The van der Waals surface area contributed by atoms with Crippen molar-refractivity contribution >= 4 is 33.6 Å². The zero-order valence-electron chi connectivity index (χ0n) is 15.0. The number of hydrogen-bond acceptors (Lipinski definition) is 4. The number of nitrogens with zero attached hydrogens (tertiary/aromatic N) is 1. The van der Waals surface area contributed by atoms with Crippen molar-refractivity contribution in [1.82, 2.24) is 10.2 Å². The Morgan fingerprint density at radius 3 is 2.72 bits per heavy atom. The summed E-state index contributed by atoms with van der Waals surface area (Å²) in [5.74, 6) is -0.0650. The minimum atomic E-state index is -0.513. The lowest BCUT2D eigenvalue weighted by molar-refractivity contribution is -0.117. The Hall–Kier alpha value is -1.60. The molecular weight excluding hydrogens is 386 g/mol. The molecule has 2 N–H and O–H groups in total. The van der Waals surface area contributed by atoms with Crippen LogP contribution < -0.4 is 10.6 Å². The fourth-order valence-corrected chi connectivity index (χ4v) is 3.13. The molecule has 2 amide bonds. The molecule has 0 bridgehead atoms. The molecule has 1 atom stereocenters. The molecule has 1 aromatic carbocycles. The van der Waals surface area contributed by atoms with Gasteiger partial charge in [0.05, 0.1) is 12.2 Å². The quantitative estimate of drug-likeness (QED) is 0.796. The first kappa shape index (κ1) is 19.7. The van der Waals surface area contributed by atoms with Crippen LogP contribution in [0.15, 0.2) is 28.7 Å². The highest BCUT2D eigenvalue weighted by Crippen LogP contribution is 2.21. The summed E-state index contributed by atoms with van der Waals surface area (Å²) in [6.45, 7) is 7.30. The van der Waals surface area contributed by atoms with E-state index < -0.39 is 11.7 Å². The molecule has 0 saturated carbocycles. The molecular formula is C18H26BrN3O3. The number of piperidine rings is 1. The lowest BCUT2D eigenvalue weighted by atomic mass is 10.1. The summed E-state index contributed by atoms with van der Waals surface area (Å²) in [4.78, 5) is 26.2. The second kappa shape index (κ2) is 8.67.